The van der Waals surface area contributed by atoms with Crippen molar-refractivity contribution in [3.05, 3.63) is 42.0 Å². The van der Waals surface area contributed by atoms with E-state index in [1.54, 1.807) is 24.3 Å². The number of rotatable bonds is 1. The average molecular weight is 462 g/mol. The first-order valence-electron chi connectivity index (χ1n) is 5.32. The van der Waals surface area contributed by atoms with Crippen LogP contribution in [-0.2, 0) is 0 Å². The third kappa shape index (κ3) is 5.53. The summed E-state index contributed by atoms with van der Waals surface area (Å²) < 4.78 is 0.271. The molecule has 2 rings (SSSR count). The molecule has 0 amide bonds. The smallest absolute Gasteiger partial charge is 0.369 e. The van der Waals surface area contributed by atoms with E-state index < -0.39 is 0 Å². The van der Waals surface area contributed by atoms with Crippen LogP contribution in [-0.4, -0.2) is 13.3 Å². The van der Waals surface area contributed by atoms with Gasteiger partial charge in [-0.25, -0.2) is 4.98 Å². The molecule has 102 valence electrons. The second kappa shape index (κ2) is 8.30. The topological polar surface area (TPSA) is 82.9 Å². The summed E-state index contributed by atoms with van der Waals surface area (Å²) in [6, 6.07) is 11.9. The van der Waals surface area contributed by atoms with Crippen molar-refractivity contribution in [1.82, 2.24) is 4.98 Å². The predicted octanol–water partition coefficient (Wildman–Crippen LogP) is 4.06. The molecule has 0 aliphatic carbocycles. The maximum atomic E-state index is 9.65. The van der Waals surface area contributed by atoms with Gasteiger partial charge >= 0.3 is 3.18 Å². The number of hydrogen-bond acceptors (Lipinski definition) is 4. The van der Waals surface area contributed by atoms with E-state index in [2.05, 4.69) is 52.3 Å². The molecule has 0 spiro atoms. The number of nitriles is 1. The van der Waals surface area contributed by atoms with Crippen molar-refractivity contribution in [2.24, 2.45) is 0 Å². The lowest BCUT2D eigenvalue weighted by atomic mass is 10.1. The van der Waals surface area contributed by atoms with Crippen molar-refractivity contribution in [3.63, 3.8) is 0 Å². The van der Waals surface area contributed by atoms with Crippen molar-refractivity contribution in [2.45, 2.75) is 0 Å². The maximum Gasteiger partial charge on any atom is 0.369 e. The Balaban J connectivity index is 0.000000444. The van der Waals surface area contributed by atoms with Crippen LogP contribution in [0, 0.1) is 11.3 Å². The first-order valence-corrected chi connectivity index (χ1v) is 8.07. The number of hydrogen-bond donors (Lipinski definition) is 2. The van der Waals surface area contributed by atoms with Gasteiger partial charge in [-0.15, -0.1) is 47.3 Å². The number of aromatic hydroxyl groups is 1. The number of anilines is 1. The first kappa shape index (κ1) is 17.0. The van der Waals surface area contributed by atoms with E-state index in [-0.39, 0.29) is 8.93 Å². The highest BCUT2D eigenvalue weighted by molar-refractivity contribution is 9.69. The van der Waals surface area contributed by atoms with Crippen LogP contribution in [0.5, 0.6) is 5.75 Å². The highest BCUT2D eigenvalue weighted by Gasteiger charge is 2.06. The molecular weight excluding hydrogens is 453 g/mol. The Kier molecular flexibility index (Phi) is 7.06. The molecule has 0 bridgehead atoms. The molecule has 4 nitrogen and oxygen atoms in total. The van der Waals surface area contributed by atoms with Crippen LogP contribution in [0.15, 0.2) is 36.4 Å². The lowest BCUT2D eigenvalue weighted by Crippen LogP contribution is -1.92. The van der Waals surface area contributed by atoms with Gasteiger partial charge in [0.1, 0.15) is 17.3 Å². The normalized spacial score (nSPS) is 9.10. The molecule has 0 aliphatic heterocycles. The monoisotopic (exact) mass is 459 g/mol. The van der Waals surface area contributed by atoms with Crippen LogP contribution in [0.2, 0.25) is 0 Å². The summed E-state index contributed by atoms with van der Waals surface area (Å²) in [5, 5.41) is 18.4. The van der Waals surface area contributed by atoms with E-state index in [1.165, 1.54) is 12.1 Å². The lowest BCUT2D eigenvalue weighted by molar-refractivity contribution is 0.475. The van der Waals surface area contributed by atoms with Gasteiger partial charge in [-0.2, -0.15) is 5.26 Å². The molecule has 0 aliphatic rings. The molecule has 20 heavy (non-hydrogen) atoms. The minimum Gasteiger partial charge on any atom is -0.506 e. The van der Waals surface area contributed by atoms with E-state index in [9.17, 15) is 5.11 Å². The largest absolute Gasteiger partial charge is 0.506 e. The third-order valence-electron chi connectivity index (χ3n) is 2.16. The highest BCUT2D eigenvalue weighted by atomic mass is 79.9. The van der Waals surface area contributed by atoms with Gasteiger partial charge in [0, 0.05) is 5.56 Å². The summed E-state index contributed by atoms with van der Waals surface area (Å²) in [6.45, 7) is 0. The van der Waals surface area contributed by atoms with Crippen LogP contribution in [0.25, 0.3) is 11.3 Å². The Labute approximate surface area is 142 Å². The van der Waals surface area contributed by atoms with Gasteiger partial charge in [-0.3, -0.25) is 0 Å². The maximum absolute atomic E-state index is 9.65. The number of aromatic nitrogens is 1. The second-order valence-electron chi connectivity index (χ2n) is 3.54. The molecule has 0 saturated carbocycles. The molecule has 0 fully saturated rings. The van der Waals surface area contributed by atoms with E-state index in [0.29, 0.717) is 22.6 Å². The third-order valence-corrected chi connectivity index (χ3v) is 2.16. The summed E-state index contributed by atoms with van der Waals surface area (Å²) >= 11 is 9.31. The van der Waals surface area contributed by atoms with Crippen LogP contribution >= 0.6 is 47.3 Å². The van der Waals surface area contributed by atoms with Crippen molar-refractivity contribution in [3.8, 4) is 23.1 Å². The number of halogens is 3. The van der Waals surface area contributed by atoms with Crippen molar-refractivity contribution < 1.29 is 5.11 Å². The van der Waals surface area contributed by atoms with Crippen molar-refractivity contribution in [1.29, 1.82) is 5.26 Å². The molecule has 0 radical (unpaired) electrons. The standard InChI is InChI=1S/C12H9N3O.BBr3/c13-7-8-2-1-3-9(6-8)12-10(16)4-5-11(14)15-12;2-1(3)4/h1-6,16H,(H2,14,15);. The van der Waals surface area contributed by atoms with Crippen LogP contribution in [0.1, 0.15) is 5.56 Å². The molecule has 0 unspecified atom stereocenters. The lowest BCUT2D eigenvalue weighted by Gasteiger charge is -2.04. The minimum atomic E-state index is 0.0456. The Bertz CT molecular complexity index is 629. The van der Waals surface area contributed by atoms with Crippen LogP contribution in [0.4, 0.5) is 5.82 Å². The fourth-order valence-electron chi connectivity index (χ4n) is 1.42. The van der Waals surface area contributed by atoms with Crippen molar-refractivity contribution in [2.75, 3.05) is 5.73 Å². The highest BCUT2D eigenvalue weighted by Crippen LogP contribution is 2.28. The Morgan fingerprint density at radius 1 is 1.20 bits per heavy atom. The molecule has 2 aromatic rings. The predicted molar refractivity (Wildman–Crippen MR) is 93.0 cm³/mol. The summed E-state index contributed by atoms with van der Waals surface area (Å²) in [5.41, 5.74) is 7.12. The Morgan fingerprint density at radius 2 is 1.85 bits per heavy atom. The SMILES string of the molecule is BrB(Br)Br.N#Cc1cccc(-c2nc(N)ccc2O)c1. The first-order chi connectivity index (χ1) is 9.43. The summed E-state index contributed by atoms with van der Waals surface area (Å²) in [4.78, 5) is 4.04. The summed E-state index contributed by atoms with van der Waals surface area (Å²) in [7, 11) is 0. The van der Waals surface area contributed by atoms with Gasteiger partial charge in [-0.05, 0) is 24.3 Å². The summed E-state index contributed by atoms with van der Waals surface area (Å²) in [6.07, 6.45) is 0. The minimum absolute atomic E-state index is 0.0456. The summed E-state index contributed by atoms with van der Waals surface area (Å²) in [5.74, 6) is 0.374. The zero-order chi connectivity index (χ0) is 15.1. The van der Waals surface area contributed by atoms with Crippen molar-refractivity contribution >= 4 is 56.3 Å². The van der Waals surface area contributed by atoms with E-state index in [4.69, 9.17) is 11.0 Å². The van der Waals surface area contributed by atoms with Crippen LogP contribution < -0.4 is 5.73 Å². The molecule has 8 heteroatoms. The van der Waals surface area contributed by atoms with E-state index >= 15 is 0 Å². The van der Waals surface area contributed by atoms with Gasteiger partial charge in [0.05, 0.1) is 11.6 Å². The molecule has 1 aromatic heterocycles. The van der Waals surface area contributed by atoms with Crippen LogP contribution in [0.3, 0.4) is 0 Å². The number of nitrogen functional groups attached to an aromatic ring is 1. The molecule has 3 N–H and O–H groups in total. The molecule has 0 atom stereocenters. The van der Waals surface area contributed by atoms with Gasteiger partial charge < -0.3 is 10.8 Å². The zero-order valence-electron chi connectivity index (χ0n) is 10.1. The average Bonchev–Trinajstić information content (AvgIpc) is 2.41. The Morgan fingerprint density at radius 3 is 2.45 bits per heavy atom. The number of pyridine rings is 1. The molecule has 0 saturated heterocycles. The van der Waals surface area contributed by atoms with Gasteiger partial charge in [0.2, 0.25) is 0 Å². The number of benzene rings is 1. The van der Waals surface area contributed by atoms with E-state index in [0.717, 1.165) is 0 Å². The number of nitrogens with zero attached hydrogens (tertiary/aromatic N) is 2. The van der Waals surface area contributed by atoms with Gasteiger partial charge in [-0.1, -0.05) is 12.1 Å². The fraction of sp³-hybridized carbons (Fsp3) is 0. The molecule has 1 heterocycles. The second-order valence-corrected chi connectivity index (χ2v) is 9.98. The quantitative estimate of drug-likeness (QED) is 0.627. The zero-order valence-corrected chi connectivity index (χ0v) is 14.9. The number of nitrogens with two attached hydrogens (primary N) is 1. The molecule has 1 aromatic carbocycles. The van der Waals surface area contributed by atoms with Gasteiger partial charge in [0.25, 0.3) is 0 Å². The van der Waals surface area contributed by atoms with Gasteiger partial charge in [0.15, 0.2) is 0 Å². The fourth-order valence-corrected chi connectivity index (χ4v) is 1.42. The molecular formula is C12H9BBr3N3O. The van der Waals surface area contributed by atoms with E-state index in [1.807, 2.05) is 6.07 Å². The Hall–Kier alpha value is -1.04.